The molecule has 3 nitrogen and oxygen atoms in total. The Hall–Kier alpha value is -0.570. The van der Waals surface area contributed by atoms with Gasteiger partial charge in [0.15, 0.2) is 0 Å². The monoisotopic (exact) mass is 156 g/mol. The topological polar surface area (TPSA) is 69.1 Å². The number of carbonyl (C=O) groups is 1. The normalized spacial score (nSPS) is 23.8. The number of hydrogen-bond acceptors (Lipinski definition) is 2. The summed E-state index contributed by atoms with van der Waals surface area (Å²) >= 11 is 0. The van der Waals surface area contributed by atoms with E-state index in [1.54, 1.807) is 0 Å². The van der Waals surface area contributed by atoms with Gasteiger partial charge in [-0.3, -0.25) is 4.79 Å². The highest BCUT2D eigenvalue weighted by molar-refractivity contribution is 5.74. The van der Waals surface area contributed by atoms with Crippen LogP contribution >= 0.6 is 0 Å². The fraction of sp³-hybridized carbons (Fsp3) is 0.875. The number of carbonyl (C=O) groups excluding carboxylic acids is 1. The van der Waals surface area contributed by atoms with Crippen LogP contribution in [0.15, 0.2) is 0 Å². The second-order valence-electron chi connectivity index (χ2n) is 3.78. The Morgan fingerprint density at radius 1 is 1.64 bits per heavy atom. The third-order valence-corrected chi connectivity index (χ3v) is 2.81. The van der Waals surface area contributed by atoms with Gasteiger partial charge >= 0.3 is 0 Å². The Labute approximate surface area is 67.1 Å². The number of rotatable bonds is 3. The van der Waals surface area contributed by atoms with Crippen molar-refractivity contribution in [2.75, 3.05) is 0 Å². The van der Waals surface area contributed by atoms with E-state index in [2.05, 4.69) is 6.92 Å². The third kappa shape index (κ3) is 1.71. The Morgan fingerprint density at radius 2 is 2.18 bits per heavy atom. The fourth-order valence-corrected chi connectivity index (χ4v) is 1.57. The van der Waals surface area contributed by atoms with Crippen LogP contribution in [0.25, 0.3) is 0 Å². The summed E-state index contributed by atoms with van der Waals surface area (Å²) in [6.07, 6.45) is 3.85. The molecule has 1 amide bonds. The van der Waals surface area contributed by atoms with Gasteiger partial charge in [-0.15, -0.1) is 0 Å². The van der Waals surface area contributed by atoms with Crippen LogP contribution in [0.2, 0.25) is 0 Å². The lowest BCUT2D eigenvalue weighted by Crippen LogP contribution is -2.46. The summed E-state index contributed by atoms with van der Waals surface area (Å²) in [5.41, 5.74) is 11.1. The first-order valence-electron chi connectivity index (χ1n) is 4.08. The van der Waals surface area contributed by atoms with Gasteiger partial charge in [-0.25, -0.2) is 0 Å². The number of amides is 1. The second kappa shape index (κ2) is 2.81. The third-order valence-electron chi connectivity index (χ3n) is 2.81. The van der Waals surface area contributed by atoms with Gasteiger partial charge in [-0.05, 0) is 18.3 Å². The lowest BCUT2D eigenvalue weighted by molar-refractivity contribution is -0.119. The van der Waals surface area contributed by atoms with Crippen LogP contribution in [0.5, 0.6) is 0 Å². The van der Waals surface area contributed by atoms with E-state index in [1.165, 1.54) is 6.42 Å². The quantitative estimate of drug-likeness (QED) is 0.620. The van der Waals surface area contributed by atoms with E-state index >= 15 is 0 Å². The first kappa shape index (κ1) is 8.53. The molecule has 0 aromatic rings. The van der Waals surface area contributed by atoms with Crippen LogP contribution in [0.3, 0.4) is 0 Å². The Kier molecular flexibility index (Phi) is 2.18. The summed E-state index contributed by atoms with van der Waals surface area (Å²) in [4.78, 5) is 10.5. The van der Waals surface area contributed by atoms with Crippen molar-refractivity contribution in [3.8, 4) is 0 Å². The van der Waals surface area contributed by atoms with Gasteiger partial charge in [0.2, 0.25) is 5.91 Å². The van der Waals surface area contributed by atoms with Gasteiger partial charge in [0.25, 0.3) is 0 Å². The zero-order valence-corrected chi connectivity index (χ0v) is 6.97. The molecular formula is C8H16N2O. The average Bonchev–Trinajstić information content (AvgIpc) is 1.81. The lowest BCUT2D eigenvalue weighted by atomic mass is 9.65. The largest absolute Gasteiger partial charge is 0.370 e. The first-order valence-corrected chi connectivity index (χ1v) is 4.08. The van der Waals surface area contributed by atoms with E-state index in [0.717, 1.165) is 12.8 Å². The highest BCUT2D eigenvalue weighted by Crippen LogP contribution is 2.43. The SMILES string of the molecule is CC1(C(N)CC(N)=O)CCC1. The van der Waals surface area contributed by atoms with Crippen LogP contribution in [-0.4, -0.2) is 11.9 Å². The first-order chi connectivity index (χ1) is 5.04. The van der Waals surface area contributed by atoms with E-state index in [1.807, 2.05) is 0 Å². The van der Waals surface area contributed by atoms with Gasteiger partial charge < -0.3 is 11.5 Å². The molecule has 64 valence electrons. The minimum absolute atomic E-state index is 0.0336. The predicted molar refractivity (Wildman–Crippen MR) is 43.7 cm³/mol. The summed E-state index contributed by atoms with van der Waals surface area (Å²) < 4.78 is 0. The summed E-state index contributed by atoms with van der Waals surface area (Å²) in [7, 11) is 0. The van der Waals surface area contributed by atoms with E-state index in [9.17, 15) is 4.79 Å². The zero-order valence-electron chi connectivity index (χ0n) is 6.97. The molecule has 1 aliphatic carbocycles. The van der Waals surface area contributed by atoms with Crippen LogP contribution in [0, 0.1) is 5.41 Å². The minimum Gasteiger partial charge on any atom is -0.370 e. The van der Waals surface area contributed by atoms with Gasteiger partial charge in [-0.2, -0.15) is 0 Å². The molecular weight excluding hydrogens is 140 g/mol. The Morgan fingerprint density at radius 3 is 2.45 bits per heavy atom. The maximum atomic E-state index is 10.5. The van der Waals surface area contributed by atoms with Gasteiger partial charge in [-0.1, -0.05) is 13.3 Å². The molecule has 0 aromatic heterocycles. The minimum atomic E-state index is -0.286. The molecule has 1 saturated carbocycles. The molecule has 4 N–H and O–H groups in total. The lowest BCUT2D eigenvalue weighted by Gasteiger charge is -2.43. The molecule has 0 radical (unpaired) electrons. The molecule has 1 rings (SSSR count). The van der Waals surface area contributed by atoms with Crippen LogP contribution in [-0.2, 0) is 4.79 Å². The van der Waals surface area contributed by atoms with Crippen molar-refractivity contribution in [2.24, 2.45) is 16.9 Å². The van der Waals surface area contributed by atoms with Gasteiger partial charge in [0, 0.05) is 12.5 Å². The van der Waals surface area contributed by atoms with Crippen LogP contribution < -0.4 is 11.5 Å². The average molecular weight is 156 g/mol. The van der Waals surface area contributed by atoms with Crippen molar-refractivity contribution >= 4 is 5.91 Å². The van der Waals surface area contributed by atoms with E-state index in [4.69, 9.17) is 11.5 Å². The summed E-state index contributed by atoms with van der Waals surface area (Å²) in [5.74, 6) is -0.286. The Bertz CT molecular complexity index is 163. The molecule has 11 heavy (non-hydrogen) atoms. The summed E-state index contributed by atoms with van der Waals surface area (Å²) in [6.45, 7) is 2.13. The van der Waals surface area contributed by atoms with Crippen molar-refractivity contribution < 1.29 is 4.79 Å². The fourth-order valence-electron chi connectivity index (χ4n) is 1.57. The molecule has 0 spiro atoms. The molecule has 0 bridgehead atoms. The second-order valence-corrected chi connectivity index (χ2v) is 3.78. The molecule has 1 aliphatic rings. The maximum absolute atomic E-state index is 10.5. The van der Waals surface area contributed by atoms with E-state index in [0.29, 0.717) is 6.42 Å². The van der Waals surface area contributed by atoms with Crippen molar-refractivity contribution in [1.82, 2.24) is 0 Å². The number of primary amides is 1. The molecule has 0 aliphatic heterocycles. The standard InChI is InChI=1S/C8H16N2O/c1-8(3-2-4-8)6(9)5-7(10)11/h6H,2-5,9H2,1H3,(H2,10,11). The van der Waals surface area contributed by atoms with Gasteiger partial charge in [0.1, 0.15) is 0 Å². The molecule has 1 fully saturated rings. The molecule has 3 heteroatoms. The van der Waals surface area contributed by atoms with Crippen molar-refractivity contribution in [3.63, 3.8) is 0 Å². The molecule has 0 saturated heterocycles. The number of hydrogen-bond donors (Lipinski definition) is 2. The van der Waals surface area contributed by atoms with Crippen molar-refractivity contribution in [1.29, 1.82) is 0 Å². The van der Waals surface area contributed by atoms with Crippen molar-refractivity contribution in [3.05, 3.63) is 0 Å². The summed E-state index contributed by atoms with van der Waals surface area (Å²) in [6, 6.07) is -0.0336. The molecule has 1 atom stereocenters. The zero-order chi connectivity index (χ0) is 8.48. The van der Waals surface area contributed by atoms with Gasteiger partial charge in [0.05, 0.1) is 0 Å². The maximum Gasteiger partial charge on any atom is 0.218 e. The van der Waals surface area contributed by atoms with Crippen molar-refractivity contribution in [2.45, 2.75) is 38.6 Å². The highest BCUT2D eigenvalue weighted by atomic mass is 16.1. The Balaban J connectivity index is 2.40. The van der Waals surface area contributed by atoms with Crippen LogP contribution in [0.4, 0.5) is 0 Å². The van der Waals surface area contributed by atoms with E-state index in [-0.39, 0.29) is 17.4 Å². The van der Waals surface area contributed by atoms with E-state index < -0.39 is 0 Å². The molecule has 0 heterocycles. The highest BCUT2D eigenvalue weighted by Gasteiger charge is 2.37. The van der Waals surface area contributed by atoms with Crippen LogP contribution in [0.1, 0.15) is 32.6 Å². The smallest absolute Gasteiger partial charge is 0.218 e. The number of nitrogens with two attached hydrogens (primary N) is 2. The molecule has 0 aromatic carbocycles. The predicted octanol–water partition coefficient (Wildman–Crippen LogP) is 0.379. The molecule has 1 unspecified atom stereocenters. The summed E-state index contributed by atoms with van der Waals surface area (Å²) in [5, 5.41) is 0.